The van der Waals surface area contributed by atoms with Crippen LogP contribution in [-0.4, -0.2) is 25.1 Å². The summed E-state index contributed by atoms with van der Waals surface area (Å²) >= 11 is 0. The number of hydrogen-bond donors (Lipinski definition) is 0. The van der Waals surface area contributed by atoms with E-state index in [-0.39, 0.29) is 0 Å². The van der Waals surface area contributed by atoms with Crippen LogP contribution in [0.1, 0.15) is 33.7 Å². The van der Waals surface area contributed by atoms with Crippen molar-refractivity contribution >= 4 is 0 Å². The average molecular weight is 279 g/mol. The molecule has 108 valence electrons. The first-order chi connectivity index (χ1) is 10.2. The SMILES string of the molecule is Cc1ccc(C2CN(C)Cc3c2ccc2c3OCC2)cc1. The lowest BCUT2D eigenvalue weighted by atomic mass is 9.83. The predicted octanol–water partition coefficient (Wildman–Crippen LogP) is 3.51. The Labute approximate surface area is 126 Å². The molecule has 0 N–H and O–H groups in total. The standard InChI is InChI=1S/C19H21NO/c1-13-3-5-14(6-4-13)17-11-20(2)12-18-16(17)8-7-15-9-10-21-19(15)18/h3-8,17H,9-12H2,1-2H3. The first kappa shape index (κ1) is 12.9. The van der Waals surface area contributed by atoms with E-state index in [1.165, 1.54) is 27.8 Å². The van der Waals surface area contributed by atoms with E-state index in [1.54, 1.807) is 0 Å². The van der Waals surface area contributed by atoms with Crippen molar-refractivity contribution in [1.29, 1.82) is 0 Å². The normalized spacial score (nSPS) is 20.8. The molecular formula is C19H21NO. The Bertz CT molecular complexity index is 675. The van der Waals surface area contributed by atoms with Gasteiger partial charge < -0.3 is 9.64 Å². The van der Waals surface area contributed by atoms with Crippen LogP contribution in [0.4, 0.5) is 0 Å². The molecule has 2 heteroatoms. The van der Waals surface area contributed by atoms with E-state index >= 15 is 0 Å². The Hall–Kier alpha value is -1.80. The summed E-state index contributed by atoms with van der Waals surface area (Å²) in [6.07, 6.45) is 1.06. The number of rotatable bonds is 1. The van der Waals surface area contributed by atoms with Crippen LogP contribution in [0.25, 0.3) is 0 Å². The predicted molar refractivity (Wildman–Crippen MR) is 85.0 cm³/mol. The molecule has 0 amide bonds. The fourth-order valence-electron chi connectivity index (χ4n) is 3.65. The van der Waals surface area contributed by atoms with Crippen LogP contribution >= 0.6 is 0 Å². The van der Waals surface area contributed by atoms with Crippen LogP contribution < -0.4 is 4.74 Å². The highest BCUT2D eigenvalue weighted by Gasteiger charge is 2.29. The maximum absolute atomic E-state index is 5.92. The van der Waals surface area contributed by atoms with Gasteiger partial charge >= 0.3 is 0 Å². The van der Waals surface area contributed by atoms with Gasteiger partial charge in [0.25, 0.3) is 0 Å². The third kappa shape index (κ3) is 2.14. The van der Waals surface area contributed by atoms with E-state index in [9.17, 15) is 0 Å². The van der Waals surface area contributed by atoms with E-state index in [2.05, 4.69) is 55.3 Å². The van der Waals surface area contributed by atoms with Gasteiger partial charge in [0.1, 0.15) is 5.75 Å². The highest BCUT2D eigenvalue weighted by Crippen LogP contribution is 2.41. The molecule has 0 saturated carbocycles. The quantitative estimate of drug-likeness (QED) is 0.792. The zero-order valence-corrected chi connectivity index (χ0v) is 12.7. The first-order valence-corrected chi connectivity index (χ1v) is 7.75. The fourth-order valence-corrected chi connectivity index (χ4v) is 3.65. The molecule has 0 spiro atoms. The molecule has 2 aromatic rings. The second-order valence-electron chi connectivity index (χ2n) is 6.38. The molecule has 2 heterocycles. The van der Waals surface area contributed by atoms with Crippen molar-refractivity contribution in [2.24, 2.45) is 0 Å². The Morgan fingerprint density at radius 3 is 2.71 bits per heavy atom. The van der Waals surface area contributed by atoms with E-state index in [0.717, 1.165) is 31.9 Å². The molecule has 0 bridgehead atoms. The van der Waals surface area contributed by atoms with E-state index in [0.29, 0.717) is 5.92 Å². The van der Waals surface area contributed by atoms with Crippen molar-refractivity contribution in [3.05, 3.63) is 64.2 Å². The molecule has 0 radical (unpaired) electrons. The average Bonchev–Trinajstić information content (AvgIpc) is 2.96. The molecule has 0 fully saturated rings. The highest BCUT2D eigenvalue weighted by molar-refractivity contribution is 5.53. The summed E-state index contributed by atoms with van der Waals surface area (Å²) in [5.41, 5.74) is 6.97. The minimum Gasteiger partial charge on any atom is -0.493 e. The van der Waals surface area contributed by atoms with Gasteiger partial charge in [0.2, 0.25) is 0 Å². The zero-order chi connectivity index (χ0) is 14.4. The van der Waals surface area contributed by atoms with Crippen molar-refractivity contribution < 1.29 is 4.74 Å². The summed E-state index contributed by atoms with van der Waals surface area (Å²) in [6, 6.07) is 13.6. The molecule has 0 aliphatic carbocycles. The van der Waals surface area contributed by atoms with E-state index in [4.69, 9.17) is 4.74 Å². The number of hydrogen-bond acceptors (Lipinski definition) is 2. The molecule has 4 rings (SSSR count). The van der Waals surface area contributed by atoms with Gasteiger partial charge in [-0.2, -0.15) is 0 Å². The van der Waals surface area contributed by atoms with Gasteiger partial charge in [-0.15, -0.1) is 0 Å². The minimum atomic E-state index is 0.453. The number of fused-ring (bicyclic) bond motifs is 3. The number of aryl methyl sites for hydroxylation is 1. The van der Waals surface area contributed by atoms with Crippen molar-refractivity contribution in [2.45, 2.75) is 25.8 Å². The van der Waals surface area contributed by atoms with Crippen LogP contribution in [0.2, 0.25) is 0 Å². The van der Waals surface area contributed by atoms with Gasteiger partial charge in [-0.1, -0.05) is 42.0 Å². The fraction of sp³-hybridized carbons (Fsp3) is 0.368. The van der Waals surface area contributed by atoms with Gasteiger partial charge in [-0.05, 0) is 30.7 Å². The van der Waals surface area contributed by atoms with Gasteiger partial charge in [0.05, 0.1) is 6.61 Å². The second-order valence-corrected chi connectivity index (χ2v) is 6.38. The molecule has 0 saturated heterocycles. The lowest BCUT2D eigenvalue weighted by molar-refractivity contribution is 0.282. The summed E-state index contributed by atoms with van der Waals surface area (Å²) < 4.78 is 5.92. The summed E-state index contributed by atoms with van der Waals surface area (Å²) in [7, 11) is 2.21. The zero-order valence-electron chi connectivity index (χ0n) is 12.7. The Kier molecular flexibility index (Phi) is 3.00. The lowest BCUT2D eigenvalue weighted by Gasteiger charge is -2.33. The largest absolute Gasteiger partial charge is 0.493 e. The Balaban J connectivity index is 1.83. The first-order valence-electron chi connectivity index (χ1n) is 7.75. The summed E-state index contributed by atoms with van der Waals surface area (Å²) in [5, 5.41) is 0. The van der Waals surface area contributed by atoms with Crippen molar-refractivity contribution in [2.75, 3.05) is 20.2 Å². The highest BCUT2D eigenvalue weighted by atomic mass is 16.5. The molecule has 2 nitrogen and oxygen atoms in total. The third-order valence-electron chi connectivity index (χ3n) is 4.77. The summed E-state index contributed by atoms with van der Waals surface area (Å²) in [6.45, 7) is 5.06. The number of nitrogens with zero attached hydrogens (tertiary/aromatic N) is 1. The van der Waals surface area contributed by atoms with Crippen molar-refractivity contribution in [3.63, 3.8) is 0 Å². The van der Waals surface area contributed by atoms with Gasteiger partial charge in [-0.3, -0.25) is 0 Å². The van der Waals surface area contributed by atoms with Gasteiger partial charge in [0.15, 0.2) is 0 Å². The number of benzene rings is 2. The van der Waals surface area contributed by atoms with Crippen LogP contribution in [0.15, 0.2) is 36.4 Å². The smallest absolute Gasteiger partial charge is 0.127 e. The van der Waals surface area contributed by atoms with Crippen LogP contribution in [0.5, 0.6) is 5.75 Å². The van der Waals surface area contributed by atoms with E-state index in [1.807, 2.05) is 0 Å². The van der Waals surface area contributed by atoms with Crippen LogP contribution in [0.3, 0.4) is 0 Å². The lowest BCUT2D eigenvalue weighted by Crippen LogP contribution is -2.31. The van der Waals surface area contributed by atoms with Crippen molar-refractivity contribution in [3.8, 4) is 5.75 Å². The summed E-state index contributed by atoms with van der Waals surface area (Å²) in [4.78, 5) is 2.41. The van der Waals surface area contributed by atoms with Gasteiger partial charge in [-0.25, -0.2) is 0 Å². The Morgan fingerprint density at radius 1 is 1.10 bits per heavy atom. The monoisotopic (exact) mass is 279 g/mol. The van der Waals surface area contributed by atoms with Crippen molar-refractivity contribution in [1.82, 2.24) is 4.90 Å². The Morgan fingerprint density at radius 2 is 1.90 bits per heavy atom. The third-order valence-corrected chi connectivity index (χ3v) is 4.77. The van der Waals surface area contributed by atoms with E-state index < -0.39 is 0 Å². The molecule has 2 aromatic carbocycles. The molecule has 21 heavy (non-hydrogen) atoms. The molecular weight excluding hydrogens is 258 g/mol. The molecule has 1 atom stereocenters. The second kappa shape index (κ2) is 4.88. The molecule has 2 aliphatic heterocycles. The number of likely N-dealkylation sites (N-methyl/N-ethyl adjacent to an activating group) is 1. The minimum absolute atomic E-state index is 0.453. The van der Waals surface area contributed by atoms with Gasteiger partial charge in [0, 0.05) is 31.0 Å². The van der Waals surface area contributed by atoms with Crippen LogP contribution in [-0.2, 0) is 13.0 Å². The maximum Gasteiger partial charge on any atom is 0.127 e. The molecule has 0 aromatic heterocycles. The number of ether oxygens (including phenoxy) is 1. The molecule has 2 aliphatic rings. The topological polar surface area (TPSA) is 12.5 Å². The summed E-state index contributed by atoms with van der Waals surface area (Å²) in [5.74, 6) is 1.62. The maximum atomic E-state index is 5.92. The molecule has 1 unspecified atom stereocenters. The van der Waals surface area contributed by atoms with Crippen LogP contribution in [0, 0.1) is 6.92 Å².